The molecule has 2 N–H and O–H groups in total. The zero-order chi connectivity index (χ0) is 22.8. The van der Waals surface area contributed by atoms with Crippen LogP contribution in [-0.4, -0.2) is 28.1 Å². The minimum atomic E-state index is -1.09. The molecule has 6 heteroatoms. The predicted octanol–water partition coefficient (Wildman–Crippen LogP) is 5.50. The fourth-order valence-corrected chi connectivity index (χ4v) is 4.85. The largest absolute Gasteiger partial charge is 0.477 e. The molecule has 1 heterocycles. The van der Waals surface area contributed by atoms with Crippen LogP contribution in [0.15, 0.2) is 30.3 Å². The van der Waals surface area contributed by atoms with Gasteiger partial charge in [-0.2, -0.15) is 0 Å². The molecule has 0 aliphatic heterocycles. The molecule has 1 unspecified atom stereocenters. The minimum Gasteiger partial charge on any atom is -0.477 e. The van der Waals surface area contributed by atoms with Crippen LogP contribution in [-0.2, 0) is 0 Å². The first-order valence-corrected chi connectivity index (χ1v) is 11.2. The summed E-state index contributed by atoms with van der Waals surface area (Å²) in [5.74, 6) is 3.65. The molecule has 3 rings (SSSR count). The second-order valence-electron chi connectivity index (χ2n) is 9.12. The maximum atomic E-state index is 13.5. The van der Waals surface area contributed by atoms with Crippen LogP contribution in [0.2, 0.25) is 0 Å². The number of hydrogen-bond acceptors (Lipinski definition) is 4. The molecule has 31 heavy (non-hydrogen) atoms. The van der Waals surface area contributed by atoms with Crippen molar-refractivity contribution in [1.82, 2.24) is 0 Å². The lowest BCUT2D eigenvalue weighted by Gasteiger charge is -2.31. The zero-order valence-electron chi connectivity index (χ0n) is 17.9. The molecule has 1 aliphatic rings. The molecule has 1 saturated carbocycles. The predicted molar refractivity (Wildman–Crippen MR) is 119 cm³/mol. The topological polar surface area (TPSA) is 74.6 Å². The zero-order valence-corrected chi connectivity index (χ0v) is 18.8. The summed E-state index contributed by atoms with van der Waals surface area (Å²) < 4.78 is 13.4. The molecule has 4 nitrogen and oxygen atoms in total. The number of hydrogen-bond donors (Lipinski definition) is 2. The summed E-state index contributed by atoms with van der Waals surface area (Å²) in [6.45, 7) is 5.92. The molecule has 1 aliphatic carbocycles. The third-order valence-corrected chi connectivity index (χ3v) is 6.53. The lowest BCUT2D eigenvalue weighted by Crippen LogP contribution is -2.28. The van der Waals surface area contributed by atoms with Gasteiger partial charge in [0.15, 0.2) is 5.78 Å². The van der Waals surface area contributed by atoms with Crippen LogP contribution in [0.1, 0.15) is 82.8 Å². The number of carboxylic acid groups (broad SMARTS) is 1. The van der Waals surface area contributed by atoms with Gasteiger partial charge in [-0.3, -0.25) is 4.79 Å². The summed E-state index contributed by atoms with van der Waals surface area (Å²) in [5.41, 5.74) is 0.574. The molecule has 0 radical (unpaired) electrons. The summed E-state index contributed by atoms with van der Waals surface area (Å²) in [7, 11) is 0. The van der Waals surface area contributed by atoms with Crippen molar-refractivity contribution in [3.05, 3.63) is 57.0 Å². The Kier molecular flexibility index (Phi) is 6.98. The first-order valence-electron chi connectivity index (χ1n) is 10.4. The Hall–Kier alpha value is -2.49. The highest BCUT2D eigenvalue weighted by molar-refractivity contribution is 7.14. The SMILES string of the molecule is CC(C)(C)C#Cc1cc(C(C(=O)c2ccc(F)cc2)C2CCC(O)CC2)c(C(=O)O)s1. The number of carbonyl (C=O) groups excluding carboxylic acids is 1. The van der Waals surface area contributed by atoms with Gasteiger partial charge in [0.25, 0.3) is 0 Å². The first kappa shape index (κ1) is 23.2. The second kappa shape index (κ2) is 9.33. The van der Waals surface area contributed by atoms with Crippen molar-refractivity contribution in [3.63, 3.8) is 0 Å². The molecule has 164 valence electrons. The van der Waals surface area contributed by atoms with Gasteiger partial charge >= 0.3 is 5.97 Å². The summed E-state index contributed by atoms with van der Waals surface area (Å²) in [5, 5.41) is 19.8. The van der Waals surface area contributed by atoms with Gasteiger partial charge < -0.3 is 10.2 Å². The molecule has 2 aromatic rings. The minimum absolute atomic E-state index is 0.0999. The van der Waals surface area contributed by atoms with E-state index in [0.29, 0.717) is 41.7 Å². The number of thiophene rings is 1. The Labute approximate surface area is 186 Å². The summed E-state index contributed by atoms with van der Waals surface area (Å²) in [6.07, 6.45) is 1.99. The fourth-order valence-electron chi connectivity index (χ4n) is 3.95. The van der Waals surface area contributed by atoms with E-state index in [9.17, 15) is 24.2 Å². The van der Waals surface area contributed by atoms with Gasteiger partial charge in [0.2, 0.25) is 0 Å². The van der Waals surface area contributed by atoms with Crippen molar-refractivity contribution in [3.8, 4) is 11.8 Å². The van der Waals surface area contributed by atoms with E-state index < -0.39 is 23.8 Å². The van der Waals surface area contributed by atoms with Gasteiger partial charge in [-0.25, -0.2) is 9.18 Å². The number of aromatic carboxylic acids is 1. The number of halogens is 1. The van der Waals surface area contributed by atoms with Crippen LogP contribution in [0.3, 0.4) is 0 Å². The molecular weight excluding hydrogens is 415 g/mol. The van der Waals surface area contributed by atoms with Crippen LogP contribution >= 0.6 is 11.3 Å². The maximum absolute atomic E-state index is 13.5. The van der Waals surface area contributed by atoms with Crippen molar-refractivity contribution >= 4 is 23.1 Å². The van der Waals surface area contributed by atoms with E-state index in [1.807, 2.05) is 20.8 Å². The van der Waals surface area contributed by atoms with Gasteiger partial charge in [0, 0.05) is 11.0 Å². The van der Waals surface area contributed by atoms with Gasteiger partial charge in [-0.15, -0.1) is 11.3 Å². The normalized spacial score (nSPS) is 19.9. The number of ketones is 1. The number of aliphatic hydroxyl groups excluding tert-OH is 1. The van der Waals surface area contributed by atoms with E-state index in [2.05, 4.69) is 11.8 Å². The number of aliphatic hydroxyl groups is 1. The van der Waals surface area contributed by atoms with E-state index in [4.69, 9.17) is 0 Å². The van der Waals surface area contributed by atoms with Crippen LogP contribution in [0.4, 0.5) is 4.39 Å². The quantitative estimate of drug-likeness (QED) is 0.474. The highest BCUT2D eigenvalue weighted by atomic mass is 32.1. The maximum Gasteiger partial charge on any atom is 0.346 e. The van der Waals surface area contributed by atoms with Crippen molar-refractivity contribution in [1.29, 1.82) is 0 Å². The Morgan fingerprint density at radius 1 is 1.13 bits per heavy atom. The molecule has 0 saturated heterocycles. The Balaban J connectivity index is 2.08. The third-order valence-electron chi connectivity index (χ3n) is 5.47. The molecule has 1 atom stereocenters. The van der Waals surface area contributed by atoms with Crippen molar-refractivity contribution in [2.24, 2.45) is 11.3 Å². The van der Waals surface area contributed by atoms with Crippen LogP contribution in [0, 0.1) is 29.0 Å². The molecule has 1 aromatic carbocycles. The third kappa shape index (κ3) is 5.81. The average molecular weight is 443 g/mol. The van der Waals surface area contributed by atoms with E-state index >= 15 is 0 Å². The standard InChI is InChI=1S/C25H27FO4S/c1-25(2,3)13-12-19-14-20(23(31-19)24(29)30)21(15-6-10-18(27)11-7-15)22(28)16-4-8-17(26)9-5-16/h4-5,8-9,14-15,18,21,27H,6-7,10-11H2,1-3H3,(H,29,30). The van der Waals surface area contributed by atoms with Gasteiger partial charge in [-0.1, -0.05) is 11.8 Å². The molecule has 0 bridgehead atoms. The highest BCUT2D eigenvalue weighted by Crippen LogP contribution is 2.42. The van der Waals surface area contributed by atoms with E-state index in [1.165, 1.54) is 24.3 Å². The fraction of sp³-hybridized carbons (Fsp3) is 0.440. The van der Waals surface area contributed by atoms with Crippen molar-refractivity contribution in [2.75, 3.05) is 0 Å². The first-order chi connectivity index (χ1) is 14.5. The number of carboxylic acids is 1. The molecule has 1 aromatic heterocycles. The summed E-state index contributed by atoms with van der Waals surface area (Å²) in [6, 6.07) is 7.08. The van der Waals surface area contributed by atoms with E-state index in [-0.39, 0.29) is 22.0 Å². The van der Waals surface area contributed by atoms with Crippen LogP contribution in [0.25, 0.3) is 0 Å². The van der Waals surface area contributed by atoms with Crippen LogP contribution in [0.5, 0.6) is 0 Å². The summed E-state index contributed by atoms with van der Waals surface area (Å²) >= 11 is 1.08. The highest BCUT2D eigenvalue weighted by Gasteiger charge is 2.36. The Morgan fingerprint density at radius 2 is 1.74 bits per heavy atom. The smallest absolute Gasteiger partial charge is 0.346 e. The Morgan fingerprint density at radius 3 is 2.29 bits per heavy atom. The van der Waals surface area contributed by atoms with Gasteiger partial charge in [-0.05, 0) is 88.3 Å². The summed E-state index contributed by atoms with van der Waals surface area (Å²) in [4.78, 5) is 26.3. The van der Waals surface area contributed by atoms with E-state index in [0.717, 1.165) is 11.3 Å². The molecular formula is C25H27FO4S. The Bertz CT molecular complexity index is 1010. The van der Waals surface area contributed by atoms with Crippen LogP contribution < -0.4 is 0 Å². The lowest BCUT2D eigenvalue weighted by molar-refractivity contribution is 0.0696. The van der Waals surface area contributed by atoms with Gasteiger partial charge in [0.05, 0.1) is 16.9 Å². The lowest BCUT2D eigenvalue weighted by atomic mass is 9.73. The number of rotatable bonds is 5. The van der Waals surface area contributed by atoms with Crippen molar-refractivity contribution in [2.45, 2.75) is 58.5 Å². The van der Waals surface area contributed by atoms with E-state index in [1.54, 1.807) is 6.07 Å². The second-order valence-corrected chi connectivity index (χ2v) is 10.2. The molecule has 1 fully saturated rings. The molecule has 0 spiro atoms. The number of Topliss-reactive ketones (excluding diaryl/α,β-unsaturated/α-hetero) is 1. The number of benzene rings is 1. The molecule has 0 amide bonds. The number of carbonyl (C=O) groups is 2. The average Bonchev–Trinajstić information content (AvgIpc) is 3.12. The monoisotopic (exact) mass is 442 g/mol. The van der Waals surface area contributed by atoms with Crippen molar-refractivity contribution < 1.29 is 24.2 Å². The van der Waals surface area contributed by atoms with Gasteiger partial charge in [0.1, 0.15) is 10.7 Å².